The molecule has 114 valence electrons. The molecular weight excluding hydrogens is 292 g/mol. The van der Waals surface area contributed by atoms with Crippen LogP contribution in [-0.2, 0) is 4.74 Å². The second kappa shape index (κ2) is 6.80. The second-order valence-corrected chi connectivity index (χ2v) is 4.01. The minimum atomic E-state index is -0.750. The molecule has 0 aliphatic carbocycles. The largest absolute Gasteiger partial charge is 0.465 e. The third kappa shape index (κ3) is 3.54. The number of amidine groups is 1. The smallest absolute Gasteiger partial charge is 0.338 e. The van der Waals surface area contributed by atoms with Crippen LogP contribution in [-0.4, -0.2) is 29.5 Å². The van der Waals surface area contributed by atoms with Crippen LogP contribution in [0.2, 0.25) is 0 Å². The van der Waals surface area contributed by atoms with E-state index >= 15 is 0 Å². The van der Waals surface area contributed by atoms with Crippen molar-refractivity contribution in [2.75, 3.05) is 12.5 Å². The third-order valence-corrected chi connectivity index (χ3v) is 2.64. The number of methoxy groups -OCH3 is 1. The summed E-state index contributed by atoms with van der Waals surface area (Å²) in [6, 6.07) is 4.01. The predicted octanol–water partition coefficient (Wildman–Crippen LogP) is 0.917. The van der Waals surface area contributed by atoms with Gasteiger partial charge in [0.1, 0.15) is 6.07 Å². The van der Waals surface area contributed by atoms with E-state index in [-0.39, 0.29) is 22.5 Å². The van der Waals surface area contributed by atoms with Gasteiger partial charge >= 0.3 is 5.97 Å². The molecule has 0 bridgehead atoms. The number of hydrogen-bond donors (Lipinski definition) is 3. The summed E-state index contributed by atoms with van der Waals surface area (Å²) >= 11 is 0. The Kier molecular flexibility index (Phi) is 5.12. The molecule has 22 heavy (non-hydrogen) atoms. The van der Waals surface area contributed by atoms with Crippen molar-refractivity contribution in [3.8, 4) is 6.07 Å². The minimum Gasteiger partial charge on any atom is -0.465 e. The highest BCUT2D eigenvalue weighted by Gasteiger charge is 2.21. The van der Waals surface area contributed by atoms with Crippen molar-refractivity contribution in [1.29, 1.82) is 10.7 Å². The Bertz CT molecular complexity index is 719. The monoisotopic (exact) mass is 304 g/mol. The molecule has 0 aromatic heterocycles. The lowest BCUT2D eigenvalue weighted by molar-refractivity contribution is -0.385. The van der Waals surface area contributed by atoms with Crippen molar-refractivity contribution in [1.82, 2.24) is 0 Å². The number of esters is 1. The van der Waals surface area contributed by atoms with E-state index in [1.165, 1.54) is 13.0 Å². The average Bonchev–Trinajstić information content (AvgIpc) is 2.47. The highest BCUT2D eigenvalue weighted by molar-refractivity contribution is 6.45. The lowest BCUT2D eigenvalue weighted by atomic mass is 10.1. The number of nitrogens with two attached hydrogens (primary N) is 1. The number of nitro benzene ring substituents is 1. The Morgan fingerprint density at radius 2 is 2.23 bits per heavy atom. The SMILES string of the molecule is COC(=O)c1cc(N/N=C(\C#N)C(=N)N)cc([N+](=O)[O-])c1C. The molecule has 0 atom stereocenters. The molecule has 1 aromatic carbocycles. The Morgan fingerprint density at radius 3 is 2.68 bits per heavy atom. The zero-order chi connectivity index (χ0) is 16.9. The molecule has 0 heterocycles. The van der Waals surface area contributed by atoms with Crippen molar-refractivity contribution in [2.24, 2.45) is 10.8 Å². The molecule has 0 unspecified atom stereocenters. The van der Waals surface area contributed by atoms with Crippen LogP contribution in [0, 0.1) is 33.8 Å². The summed E-state index contributed by atoms with van der Waals surface area (Å²) in [5.41, 5.74) is 6.95. The number of ether oxygens (including phenoxy) is 1. The van der Waals surface area contributed by atoms with Crippen LogP contribution in [0.1, 0.15) is 15.9 Å². The predicted molar refractivity (Wildman–Crippen MR) is 77.8 cm³/mol. The number of hydrogen-bond acceptors (Lipinski definition) is 8. The van der Waals surface area contributed by atoms with Crippen LogP contribution < -0.4 is 11.2 Å². The van der Waals surface area contributed by atoms with E-state index in [1.807, 2.05) is 0 Å². The van der Waals surface area contributed by atoms with Gasteiger partial charge in [0.15, 0.2) is 5.84 Å². The van der Waals surface area contributed by atoms with Crippen LogP contribution >= 0.6 is 0 Å². The Balaban J connectivity index is 3.35. The first kappa shape index (κ1) is 16.6. The molecule has 0 aliphatic heterocycles. The first-order chi connectivity index (χ1) is 10.3. The topological polar surface area (TPSA) is 167 Å². The molecule has 0 spiro atoms. The molecule has 0 aliphatic rings. The van der Waals surface area contributed by atoms with Crippen molar-refractivity contribution in [2.45, 2.75) is 6.92 Å². The number of rotatable bonds is 5. The number of hydrazone groups is 1. The number of nitrogens with zero attached hydrogens (tertiary/aromatic N) is 3. The average molecular weight is 304 g/mol. The minimum absolute atomic E-state index is 0.0178. The van der Waals surface area contributed by atoms with Crippen LogP contribution in [0.25, 0.3) is 0 Å². The van der Waals surface area contributed by atoms with Gasteiger partial charge in [0.05, 0.1) is 23.3 Å². The first-order valence-electron chi connectivity index (χ1n) is 5.77. The summed E-state index contributed by atoms with van der Waals surface area (Å²) < 4.78 is 4.56. The second-order valence-electron chi connectivity index (χ2n) is 4.01. The summed E-state index contributed by atoms with van der Waals surface area (Å²) in [6.07, 6.45) is 0. The summed E-state index contributed by atoms with van der Waals surface area (Å²) in [7, 11) is 1.15. The fraction of sp³-hybridized carbons (Fsp3) is 0.167. The van der Waals surface area contributed by atoms with E-state index in [2.05, 4.69) is 15.3 Å². The quantitative estimate of drug-likeness (QED) is 0.239. The maximum absolute atomic E-state index is 11.6. The maximum Gasteiger partial charge on any atom is 0.338 e. The number of anilines is 1. The number of nitro groups is 1. The molecule has 0 fully saturated rings. The first-order valence-corrected chi connectivity index (χ1v) is 5.77. The lowest BCUT2D eigenvalue weighted by Gasteiger charge is -2.08. The van der Waals surface area contributed by atoms with Gasteiger partial charge in [-0.05, 0) is 13.0 Å². The maximum atomic E-state index is 11.6. The molecule has 0 saturated heterocycles. The van der Waals surface area contributed by atoms with Crippen LogP contribution in [0.4, 0.5) is 11.4 Å². The van der Waals surface area contributed by atoms with Gasteiger partial charge in [-0.3, -0.25) is 20.9 Å². The number of carbonyl (C=O) groups excluding carboxylic acids is 1. The zero-order valence-electron chi connectivity index (χ0n) is 11.7. The molecule has 1 aromatic rings. The van der Waals surface area contributed by atoms with E-state index < -0.39 is 22.4 Å². The Hall–Kier alpha value is -3.48. The van der Waals surface area contributed by atoms with Gasteiger partial charge in [0, 0.05) is 11.6 Å². The van der Waals surface area contributed by atoms with Crippen LogP contribution in [0.3, 0.4) is 0 Å². The standard InChI is InChI=1S/C12H12N6O4/c1-6-8(12(19)22-2)3-7(4-10(6)18(20)21)16-17-9(5-13)11(14)15/h3-4,16H,1-2H3,(H3,14,15)/b17-9+. The number of nitrogens with one attached hydrogen (secondary N) is 2. The van der Waals surface area contributed by atoms with Crippen molar-refractivity contribution < 1.29 is 14.5 Å². The molecule has 10 nitrogen and oxygen atoms in total. The zero-order valence-corrected chi connectivity index (χ0v) is 11.7. The van der Waals surface area contributed by atoms with Gasteiger partial charge in [0.2, 0.25) is 5.71 Å². The molecule has 4 N–H and O–H groups in total. The Labute approximate surface area is 124 Å². The molecule has 0 saturated carbocycles. The van der Waals surface area contributed by atoms with Crippen LogP contribution in [0.5, 0.6) is 0 Å². The number of nitriles is 1. The summed E-state index contributed by atoms with van der Waals surface area (Å²) in [4.78, 5) is 22.0. The van der Waals surface area contributed by atoms with Gasteiger partial charge in [-0.15, -0.1) is 0 Å². The summed E-state index contributed by atoms with van der Waals surface area (Å²) in [6.45, 7) is 1.41. The Morgan fingerprint density at radius 1 is 1.59 bits per heavy atom. The van der Waals surface area contributed by atoms with E-state index in [0.717, 1.165) is 13.2 Å². The third-order valence-electron chi connectivity index (χ3n) is 2.64. The van der Waals surface area contributed by atoms with Gasteiger partial charge in [-0.25, -0.2) is 4.79 Å². The number of benzene rings is 1. The van der Waals surface area contributed by atoms with Gasteiger partial charge < -0.3 is 10.5 Å². The normalized spacial score (nSPS) is 10.5. The summed E-state index contributed by atoms with van der Waals surface area (Å²) in [5, 5.41) is 30.4. The molecule has 0 amide bonds. The van der Waals surface area contributed by atoms with Crippen molar-refractivity contribution in [3.05, 3.63) is 33.4 Å². The van der Waals surface area contributed by atoms with Gasteiger partial charge in [-0.1, -0.05) is 0 Å². The highest BCUT2D eigenvalue weighted by atomic mass is 16.6. The molecular formula is C12H12N6O4. The van der Waals surface area contributed by atoms with E-state index in [4.69, 9.17) is 16.4 Å². The molecule has 0 radical (unpaired) electrons. The van der Waals surface area contributed by atoms with Gasteiger partial charge in [0.25, 0.3) is 5.69 Å². The fourth-order valence-electron chi connectivity index (χ4n) is 1.54. The van der Waals surface area contributed by atoms with Crippen LogP contribution in [0.15, 0.2) is 17.2 Å². The van der Waals surface area contributed by atoms with E-state index in [1.54, 1.807) is 6.07 Å². The fourth-order valence-corrected chi connectivity index (χ4v) is 1.54. The molecule has 10 heteroatoms. The lowest BCUT2D eigenvalue weighted by Crippen LogP contribution is -2.22. The van der Waals surface area contributed by atoms with Crippen molar-refractivity contribution in [3.63, 3.8) is 0 Å². The van der Waals surface area contributed by atoms with Crippen molar-refractivity contribution >= 4 is 28.9 Å². The van der Waals surface area contributed by atoms with E-state index in [0.29, 0.717) is 0 Å². The van der Waals surface area contributed by atoms with Gasteiger partial charge in [-0.2, -0.15) is 10.4 Å². The number of carbonyl (C=O) groups is 1. The summed E-state index contributed by atoms with van der Waals surface area (Å²) in [5.74, 6) is -1.31. The highest BCUT2D eigenvalue weighted by Crippen LogP contribution is 2.27. The molecule has 1 rings (SSSR count). The van der Waals surface area contributed by atoms with E-state index in [9.17, 15) is 14.9 Å².